The Morgan fingerprint density at radius 1 is 1.14 bits per heavy atom. The van der Waals surface area contributed by atoms with Crippen molar-refractivity contribution in [2.45, 2.75) is 26.3 Å². The number of carbonyl (C=O) groups excluding carboxylic acids is 2. The second-order valence-electron chi connectivity index (χ2n) is 5.50. The summed E-state index contributed by atoms with van der Waals surface area (Å²) in [5, 5.41) is 5.76. The van der Waals surface area contributed by atoms with Gasteiger partial charge in [0.05, 0.1) is 0 Å². The first-order chi connectivity index (χ1) is 10.1. The average Bonchev–Trinajstić information content (AvgIpc) is 2.52. The first-order valence-electron chi connectivity index (χ1n) is 7.46. The van der Waals surface area contributed by atoms with Crippen molar-refractivity contribution < 1.29 is 9.59 Å². The molecule has 0 aliphatic carbocycles. The molecule has 1 aliphatic heterocycles. The number of carbonyl (C=O) groups is 2. The summed E-state index contributed by atoms with van der Waals surface area (Å²) >= 11 is 0. The molecule has 21 heavy (non-hydrogen) atoms. The maximum absolute atomic E-state index is 11.7. The summed E-state index contributed by atoms with van der Waals surface area (Å²) in [6.07, 6.45) is 1.91. The van der Waals surface area contributed by atoms with E-state index < -0.39 is 0 Å². The predicted octanol–water partition coefficient (Wildman–Crippen LogP) is 1.74. The number of benzene rings is 1. The van der Waals surface area contributed by atoms with Gasteiger partial charge in [0.1, 0.15) is 0 Å². The van der Waals surface area contributed by atoms with Crippen LogP contribution in [0, 0.1) is 5.92 Å². The lowest BCUT2D eigenvalue weighted by Crippen LogP contribution is -2.42. The lowest BCUT2D eigenvalue weighted by molar-refractivity contribution is -0.130. The Hall–Kier alpha value is -2.04. The first kappa shape index (κ1) is 15.4. The Labute approximate surface area is 125 Å². The van der Waals surface area contributed by atoms with Gasteiger partial charge in [0.15, 0.2) is 0 Å². The Morgan fingerprint density at radius 2 is 1.81 bits per heavy atom. The van der Waals surface area contributed by atoms with Crippen LogP contribution in [0.3, 0.4) is 0 Å². The van der Waals surface area contributed by atoms with Gasteiger partial charge in [-0.3, -0.25) is 4.79 Å². The van der Waals surface area contributed by atoms with E-state index >= 15 is 0 Å². The fraction of sp³-hybridized carbons (Fsp3) is 0.500. The summed E-state index contributed by atoms with van der Waals surface area (Å²) < 4.78 is 0. The van der Waals surface area contributed by atoms with E-state index in [2.05, 4.69) is 10.6 Å². The Bertz CT molecular complexity index is 468. The van der Waals surface area contributed by atoms with E-state index in [1.807, 2.05) is 35.2 Å². The molecule has 0 aromatic heterocycles. The molecule has 2 rings (SSSR count). The standard InChI is InChI=1S/C16H23N3O2/c1-13(20)19-9-7-15(8-10-19)12-18-16(21)17-11-14-5-3-2-4-6-14/h2-6,15H,7-12H2,1H3,(H2,17,18,21). The van der Waals surface area contributed by atoms with E-state index in [0.29, 0.717) is 19.0 Å². The van der Waals surface area contributed by atoms with Gasteiger partial charge >= 0.3 is 6.03 Å². The number of hydrogen-bond donors (Lipinski definition) is 2. The number of urea groups is 1. The van der Waals surface area contributed by atoms with E-state index in [-0.39, 0.29) is 11.9 Å². The molecule has 5 nitrogen and oxygen atoms in total. The lowest BCUT2D eigenvalue weighted by Gasteiger charge is -2.31. The molecule has 0 saturated carbocycles. The number of amides is 3. The van der Waals surface area contributed by atoms with Crippen molar-refractivity contribution in [2.75, 3.05) is 19.6 Å². The predicted molar refractivity (Wildman–Crippen MR) is 81.7 cm³/mol. The number of nitrogens with one attached hydrogen (secondary N) is 2. The van der Waals surface area contributed by atoms with E-state index in [1.165, 1.54) is 0 Å². The van der Waals surface area contributed by atoms with E-state index in [0.717, 1.165) is 31.5 Å². The summed E-state index contributed by atoms with van der Waals surface area (Å²) in [7, 11) is 0. The van der Waals surface area contributed by atoms with Crippen LogP contribution in [0.5, 0.6) is 0 Å². The van der Waals surface area contributed by atoms with Crippen LogP contribution in [-0.4, -0.2) is 36.5 Å². The molecule has 1 heterocycles. The third-order valence-electron chi connectivity index (χ3n) is 3.91. The molecule has 1 aliphatic rings. The second-order valence-corrected chi connectivity index (χ2v) is 5.50. The molecular weight excluding hydrogens is 266 g/mol. The third-order valence-corrected chi connectivity index (χ3v) is 3.91. The van der Waals surface area contributed by atoms with E-state index in [4.69, 9.17) is 0 Å². The topological polar surface area (TPSA) is 61.4 Å². The summed E-state index contributed by atoms with van der Waals surface area (Å²) in [5.74, 6) is 0.602. The molecule has 0 spiro atoms. The van der Waals surface area contributed by atoms with Crippen LogP contribution in [0.2, 0.25) is 0 Å². The molecule has 1 fully saturated rings. The molecule has 0 radical (unpaired) electrons. The molecule has 2 N–H and O–H groups in total. The molecule has 1 aromatic rings. The van der Waals surface area contributed by atoms with Crippen molar-refractivity contribution in [1.29, 1.82) is 0 Å². The summed E-state index contributed by atoms with van der Waals surface area (Å²) in [6, 6.07) is 9.70. The maximum Gasteiger partial charge on any atom is 0.315 e. The summed E-state index contributed by atoms with van der Waals surface area (Å²) in [6.45, 7) is 4.41. The van der Waals surface area contributed by atoms with Gasteiger partial charge in [-0.1, -0.05) is 30.3 Å². The van der Waals surface area contributed by atoms with Crippen molar-refractivity contribution in [2.24, 2.45) is 5.92 Å². The number of nitrogens with zero attached hydrogens (tertiary/aromatic N) is 1. The molecule has 0 atom stereocenters. The summed E-state index contributed by atoms with van der Waals surface area (Å²) in [5.41, 5.74) is 1.09. The molecule has 3 amide bonds. The van der Waals surface area contributed by atoms with Gasteiger partial charge in [0, 0.05) is 33.1 Å². The van der Waals surface area contributed by atoms with E-state index in [9.17, 15) is 9.59 Å². The largest absolute Gasteiger partial charge is 0.343 e. The zero-order valence-corrected chi connectivity index (χ0v) is 12.5. The molecule has 1 saturated heterocycles. The van der Waals surface area contributed by atoms with Crippen LogP contribution >= 0.6 is 0 Å². The highest BCUT2D eigenvalue weighted by molar-refractivity contribution is 5.74. The highest BCUT2D eigenvalue weighted by atomic mass is 16.2. The van der Waals surface area contributed by atoms with Crippen LogP contribution < -0.4 is 10.6 Å². The van der Waals surface area contributed by atoms with Crippen LogP contribution in [0.25, 0.3) is 0 Å². The van der Waals surface area contributed by atoms with Crippen molar-refractivity contribution in [3.05, 3.63) is 35.9 Å². The van der Waals surface area contributed by atoms with Gasteiger partial charge < -0.3 is 15.5 Å². The van der Waals surface area contributed by atoms with Gasteiger partial charge in [-0.15, -0.1) is 0 Å². The monoisotopic (exact) mass is 289 g/mol. The molecule has 114 valence electrons. The van der Waals surface area contributed by atoms with Gasteiger partial charge in [-0.05, 0) is 24.3 Å². The highest BCUT2D eigenvalue weighted by Crippen LogP contribution is 2.16. The fourth-order valence-electron chi connectivity index (χ4n) is 2.53. The Kier molecular flexibility index (Phi) is 5.60. The summed E-state index contributed by atoms with van der Waals surface area (Å²) in [4.78, 5) is 24.8. The molecular formula is C16H23N3O2. The molecule has 5 heteroatoms. The van der Waals surface area contributed by atoms with Gasteiger partial charge in [0.2, 0.25) is 5.91 Å². The van der Waals surface area contributed by atoms with Crippen molar-refractivity contribution in [1.82, 2.24) is 15.5 Å². The zero-order valence-electron chi connectivity index (χ0n) is 12.5. The van der Waals surface area contributed by atoms with Crippen molar-refractivity contribution in [3.8, 4) is 0 Å². The fourth-order valence-corrected chi connectivity index (χ4v) is 2.53. The van der Waals surface area contributed by atoms with Gasteiger partial charge in [-0.25, -0.2) is 4.79 Å². The van der Waals surface area contributed by atoms with Crippen LogP contribution in [-0.2, 0) is 11.3 Å². The number of rotatable bonds is 4. The quantitative estimate of drug-likeness (QED) is 0.887. The van der Waals surface area contributed by atoms with Gasteiger partial charge in [-0.2, -0.15) is 0 Å². The highest BCUT2D eigenvalue weighted by Gasteiger charge is 2.20. The molecule has 0 bridgehead atoms. The van der Waals surface area contributed by atoms with Crippen molar-refractivity contribution >= 4 is 11.9 Å². The van der Waals surface area contributed by atoms with Crippen LogP contribution in [0.15, 0.2) is 30.3 Å². The van der Waals surface area contributed by atoms with E-state index in [1.54, 1.807) is 6.92 Å². The van der Waals surface area contributed by atoms with Crippen LogP contribution in [0.4, 0.5) is 4.79 Å². The minimum atomic E-state index is -0.132. The van der Waals surface area contributed by atoms with Gasteiger partial charge in [0.25, 0.3) is 0 Å². The lowest BCUT2D eigenvalue weighted by atomic mass is 9.97. The van der Waals surface area contributed by atoms with Crippen molar-refractivity contribution in [3.63, 3.8) is 0 Å². The normalized spacial score (nSPS) is 15.6. The maximum atomic E-state index is 11.7. The average molecular weight is 289 g/mol. The smallest absolute Gasteiger partial charge is 0.315 e. The van der Waals surface area contributed by atoms with Crippen LogP contribution in [0.1, 0.15) is 25.3 Å². The number of likely N-dealkylation sites (tertiary alicyclic amines) is 1. The molecule has 1 aromatic carbocycles. The SMILES string of the molecule is CC(=O)N1CCC(CNC(=O)NCc2ccccc2)CC1. The Balaban J connectivity index is 1.62. The number of hydrogen-bond acceptors (Lipinski definition) is 2. The minimum absolute atomic E-state index is 0.132. The second kappa shape index (κ2) is 7.67. The Morgan fingerprint density at radius 3 is 2.43 bits per heavy atom. The third kappa shape index (κ3) is 5.10. The zero-order chi connectivity index (χ0) is 15.1. The molecule has 0 unspecified atom stereocenters. The first-order valence-corrected chi connectivity index (χ1v) is 7.46. The minimum Gasteiger partial charge on any atom is -0.343 e. The number of piperidine rings is 1.